The Morgan fingerprint density at radius 3 is 2.83 bits per heavy atom. The van der Waals surface area contributed by atoms with Gasteiger partial charge in [-0.15, -0.1) is 11.3 Å². The molecule has 1 saturated heterocycles. The van der Waals surface area contributed by atoms with Crippen molar-refractivity contribution in [2.24, 2.45) is 0 Å². The first-order valence-electron chi connectivity index (χ1n) is 8.06. The van der Waals surface area contributed by atoms with Gasteiger partial charge in [0.05, 0.1) is 19.4 Å². The van der Waals surface area contributed by atoms with Crippen molar-refractivity contribution in [3.63, 3.8) is 0 Å². The molecule has 23 heavy (non-hydrogen) atoms. The van der Waals surface area contributed by atoms with E-state index in [9.17, 15) is 4.79 Å². The Bertz CT molecular complexity index is 583. The summed E-state index contributed by atoms with van der Waals surface area (Å²) in [5.74, 6) is 0.851. The molecule has 0 bridgehead atoms. The maximum absolute atomic E-state index is 12.1. The zero-order chi connectivity index (χ0) is 15.9. The number of carbonyl (C=O) groups is 1. The van der Waals surface area contributed by atoms with E-state index in [0.717, 1.165) is 44.9 Å². The van der Waals surface area contributed by atoms with Gasteiger partial charge in [0.1, 0.15) is 5.76 Å². The highest BCUT2D eigenvalue weighted by Crippen LogP contribution is 2.13. The van der Waals surface area contributed by atoms with E-state index in [1.165, 1.54) is 4.88 Å². The molecular weight excluding hydrogens is 310 g/mol. The second-order valence-electron chi connectivity index (χ2n) is 5.84. The average Bonchev–Trinajstić information content (AvgIpc) is 3.19. The van der Waals surface area contributed by atoms with Crippen LogP contribution in [0.15, 0.2) is 40.3 Å². The first-order chi connectivity index (χ1) is 11.3. The molecule has 1 amide bonds. The molecule has 3 rings (SSSR count). The minimum Gasteiger partial charge on any atom is -0.467 e. The van der Waals surface area contributed by atoms with E-state index in [1.807, 2.05) is 23.5 Å². The van der Waals surface area contributed by atoms with Gasteiger partial charge in [0.15, 0.2) is 0 Å². The summed E-state index contributed by atoms with van der Waals surface area (Å²) in [5.41, 5.74) is 0. The highest BCUT2D eigenvalue weighted by molar-refractivity contribution is 7.09. The van der Waals surface area contributed by atoms with Crippen molar-refractivity contribution >= 4 is 17.2 Å². The van der Waals surface area contributed by atoms with Crippen LogP contribution in [0, 0.1) is 0 Å². The molecular formula is C17H23N3O2S. The van der Waals surface area contributed by atoms with E-state index in [1.54, 1.807) is 6.26 Å². The fourth-order valence-electron chi connectivity index (χ4n) is 2.82. The summed E-state index contributed by atoms with van der Waals surface area (Å²) in [6.07, 6.45) is 2.73. The molecule has 124 valence electrons. The van der Waals surface area contributed by atoms with E-state index in [2.05, 4.69) is 32.6 Å². The van der Waals surface area contributed by atoms with Crippen molar-refractivity contribution in [2.45, 2.75) is 19.5 Å². The summed E-state index contributed by atoms with van der Waals surface area (Å²) >= 11 is 1.81. The van der Waals surface area contributed by atoms with Gasteiger partial charge in [-0.3, -0.25) is 14.6 Å². The molecule has 0 aliphatic carbocycles. The Morgan fingerprint density at radius 1 is 1.17 bits per heavy atom. The van der Waals surface area contributed by atoms with Crippen LogP contribution in [-0.4, -0.2) is 48.4 Å². The smallest absolute Gasteiger partial charge is 0.234 e. The summed E-state index contributed by atoms with van der Waals surface area (Å²) < 4.78 is 5.22. The normalized spacial score (nSPS) is 17.0. The Labute approximate surface area is 140 Å². The number of carbonyl (C=O) groups excluding carboxylic acids is 1. The Hall–Kier alpha value is -1.63. The topological polar surface area (TPSA) is 48.7 Å². The van der Waals surface area contributed by atoms with Crippen molar-refractivity contribution in [2.75, 3.05) is 32.7 Å². The lowest BCUT2D eigenvalue weighted by Crippen LogP contribution is -2.38. The molecule has 0 aromatic carbocycles. The number of hydrogen-bond acceptors (Lipinski definition) is 5. The zero-order valence-electron chi connectivity index (χ0n) is 13.2. The van der Waals surface area contributed by atoms with E-state index < -0.39 is 0 Å². The molecule has 0 unspecified atom stereocenters. The van der Waals surface area contributed by atoms with Crippen molar-refractivity contribution in [3.8, 4) is 0 Å². The molecule has 6 heteroatoms. The van der Waals surface area contributed by atoms with Gasteiger partial charge < -0.3 is 9.73 Å². The number of thiophene rings is 1. The minimum atomic E-state index is 0.0631. The molecule has 0 radical (unpaired) electrons. The van der Waals surface area contributed by atoms with Gasteiger partial charge in [-0.1, -0.05) is 6.07 Å². The number of amides is 1. The summed E-state index contributed by atoms with van der Waals surface area (Å²) in [5, 5.41) is 5.04. The first-order valence-corrected chi connectivity index (χ1v) is 8.94. The van der Waals surface area contributed by atoms with Crippen LogP contribution in [-0.2, 0) is 17.9 Å². The molecule has 1 aliphatic rings. The molecule has 0 atom stereocenters. The molecule has 1 fully saturated rings. The first kappa shape index (κ1) is 16.2. The number of nitrogens with zero attached hydrogens (tertiary/aromatic N) is 2. The van der Waals surface area contributed by atoms with Crippen molar-refractivity contribution < 1.29 is 9.21 Å². The SMILES string of the molecule is O=C(CN1CCCN(Cc2cccs2)CC1)NCc1ccco1. The number of rotatable bonds is 6. The van der Waals surface area contributed by atoms with Crippen LogP contribution in [0.5, 0.6) is 0 Å². The Kier molecular flexibility index (Phi) is 5.85. The second kappa shape index (κ2) is 8.29. The van der Waals surface area contributed by atoms with Gasteiger partial charge >= 0.3 is 0 Å². The Morgan fingerprint density at radius 2 is 2.04 bits per heavy atom. The molecule has 3 heterocycles. The van der Waals surface area contributed by atoms with Crippen LogP contribution in [0.2, 0.25) is 0 Å². The third kappa shape index (κ3) is 5.20. The third-order valence-electron chi connectivity index (χ3n) is 4.05. The molecule has 5 nitrogen and oxygen atoms in total. The molecule has 2 aromatic heterocycles. The molecule has 1 N–H and O–H groups in total. The van der Waals surface area contributed by atoms with Crippen molar-refractivity contribution in [1.82, 2.24) is 15.1 Å². The lowest BCUT2D eigenvalue weighted by molar-refractivity contribution is -0.122. The van der Waals surface area contributed by atoms with Crippen LogP contribution in [0.1, 0.15) is 17.1 Å². The summed E-state index contributed by atoms with van der Waals surface area (Å²) in [7, 11) is 0. The van der Waals surface area contributed by atoms with Gasteiger partial charge in [-0.25, -0.2) is 0 Å². The lowest BCUT2D eigenvalue weighted by Gasteiger charge is -2.21. The lowest BCUT2D eigenvalue weighted by atomic mass is 10.3. The second-order valence-corrected chi connectivity index (χ2v) is 6.87. The van der Waals surface area contributed by atoms with E-state index >= 15 is 0 Å². The Balaban J connectivity index is 1.40. The van der Waals surface area contributed by atoms with Gasteiger partial charge in [0.25, 0.3) is 0 Å². The van der Waals surface area contributed by atoms with Gasteiger partial charge in [-0.05, 0) is 43.1 Å². The van der Waals surface area contributed by atoms with E-state index in [4.69, 9.17) is 4.42 Å². The maximum Gasteiger partial charge on any atom is 0.234 e. The minimum absolute atomic E-state index is 0.0631. The predicted molar refractivity (Wildman–Crippen MR) is 91.2 cm³/mol. The largest absolute Gasteiger partial charge is 0.467 e. The quantitative estimate of drug-likeness (QED) is 0.880. The number of furan rings is 1. The number of hydrogen-bond donors (Lipinski definition) is 1. The summed E-state index contributed by atoms with van der Waals surface area (Å²) in [6, 6.07) is 8.00. The maximum atomic E-state index is 12.1. The van der Waals surface area contributed by atoms with Crippen molar-refractivity contribution in [3.05, 3.63) is 46.5 Å². The number of nitrogens with one attached hydrogen (secondary N) is 1. The molecule has 1 aliphatic heterocycles. The van der Waals surface area contributed by atoms with Crippen LogP contribution >= 0.6 is 11.3 Å². The highest BCUT2D eigenvalue weighted by atomic mass is 32.1. The highest BCUT2D eigenvalue weighted by Gasteiger charge is 2.17. The fraction of sp³-hybridized carbons (Fsp3) is 0.471. The van der Waals surface area contributed by atoms with E-state index in [0.29, 0.717) is 13.1 Å². The standard InChI is InChI=1S/C17H23N3O2S/c21-17(18-12-15-4-1-10-22-15)14-20-7-3-6-19(8-9-20)13-16-5-2-11-23-16/h1-2,4-5,10-11H,3,6-9,12-14H2,(H,18,21). The van der Waals surface area contributed by atoms with Crippen LogP contribution in [0.4, 0.5) is 0 Å². The molecule has 0 spiro atoms. The monoisotopic (exact) mass is 333 g/mol. The average molecular weight is 333 g/mol. The summed E-state index contributed by atoms with van der Waals surface area (Å²) in [4.78, 5) is 18.2. The van der Waals surface area contributed by atoms with Crippen molar-refractivity contribution in [1.29, 1.82) is 0 Å². The van der Waals surface area contributed by atoms with Gasteiger partial charge in [0, 0.05) is 24.5 Å². The van der Waals surface area contributed by atoms with Gasteiger partial charge in [0.2, 0.25) is 5.91 Å². The fourth-order valence-corrected chi connectivity index (χ4v) is 3.57. The van der Waals surface area contributed by atoms with Crippen LogP contribution in [0.25, 0.3) is 0 Å². The van der Waals surface area contributed by atoms with Crippen LogP contribution < -0.4 is 5.32 Å². The predicted octanol–water partition coefficient (Wildman–Crippen LogP) is 2.17. The summed E-state index contributed by atoms with van der Waals surface area (Å²) in [6.45, 7) is 5.99. The van der Waals surface area contributed by atoms with Gasteiger partial charge in [-0.2, -0.15) is 0 Å². The zero-order valence-corrected chi connectivity index (χ0v) is 14.1. The van der Waals surface area contributed by atoms with E-state index in [-0.39, 0.29) is 5.91 Å². The molecule has 2 aromatic rings. The molecule has 0 saturated carbocycles. The third-order valence-corrected chi connectivity index (χ3v) is 4.91. The van der Waals surface area contributed by atoms with Crippen LogP contribution in [0.3, 0.4) is 0 Å².